The minimum absolute atomic E-state index is 0.188. The molecule has 6 heteroatoms. The molecule has 2 N–H and O–H groups in total. The van der Waals surface area contributed by atoms with Gasteiger partial charge >= 0.3 is 0 Å². The topological polar surface area (TPSA) is 63.1 Å². The fraction of sp³-hybridized carbons (Fsp3) is 0.333. The molecule has 2 rings (SSSR count). The first kappa shape index (κ1) is 12.8. The van der Waals surface area contributed by atoms with Gasteiger partial charge in [0.15, 0.2) is 10.6 Å². The van der Waals surface area contributed by atoms with Crippen LogP contribution in [0.4, 0.5) is 0 Å². The Balaban J connectivity index is 2.50. The lowest BCUT2D eigenvalue weighted by Crippen LogP contribution is -2.06. The van der Waals surface area contributed by atoms with E-state index in [4.69, 9.17) is 17.0 Å². The molecule has 0 unspecified atom stereocenters. The van der Waals surface area contributed by atoms with Crippen molar-refractivity contribution in [1.29, 1.82) is 0 Å². The van der Waals surface area contributed by atoms with E-state index in [0.29, 0.717) is 29.3 Å². The summed E-state index contributed by atoms with van der Waals surface area (Å²) in [6.45, 7) is 3.09. The van der Waals surface area contributed by atoms with E-state index in [-0.39, 0.29) is 5.75 Å². The number of phenolic OH excluding ortho intramolecular Hbond substituents is 1. The van der Waals surface area contributed by atoms with Gasteiger partial charge in [-0.05, 0) is 31.3 Å². The summed E-state index contributed by atoms with van der Waals surface area (Å²) in [4.78, 5) is 0. The van der Waals surface area contributed by atoms with Gasteiger partial charge in [-0.15, -0.1) is 0 Å². The van der Waals surface area contributed by atoms with Crippen molar-refractivity contribution in [3.8, 4) is 17.1 Å². The van der Waals surface area contributed by atoms with Crippen LogP contribution in [0.2, 0.25) is 0 Å². The molecule has 0 radical (unpaired) electrons. The highest BCUT2D eigenvalue weighted by Gasteiger charge is 2.12. The molecule has 0 atom stereocenters. The normalized spacial score (nSPS) is 10.8. The SMILES string of the molecule is COCCn1c(-c2cc(C)ccc2O)n[nH]c1=S. The lowest BCUT2D eigenvalue weighted by molar-refractivity contribution is 0.187. The molecule has 1 aromatic carbocycles. The van der Waals surface area contributed by atoms with Crippen molar-refractivity contribution >= 4 is 12.2 Å². The molecule has 0 saturated carbocycles. The Hall–Kier alpha value is -1.66. The van der Waals surface area contributed by atoms with Crippen LogP contribution in [0.15, 0.2) is 18.2 Å². The van der Waals surface area contributed by atoms with Gasteiger partial charge in [-0.3, -0.25) is 9.67 Å². The van der Waals surface area contributed by atoms with Crippen LogP contribution in [0.3, 0.4) is 0 Å². The van der Waals surface area contributed by atoms with Crippen LogP contribution in [0, 0.1) is 11.7 Å². The van der Waals surface area contributed by atoms with Crippen molar-refractivity contribution in [3.63, 3.8) is 0 Å². The summed E-state index contributed by atoms with van der Waals surface area (Å²) in [6.07, 6.45) is 0. The van der Waals surface area contributed by atoms with Crippen molar-refractivity contribution in [3.05, 3.63) is 28.5 Å². The zero-order valence-corrected chi connectivity index (χ0v) is 11.1. The van der Waals surface area contributed by atoms with E-state index < -0.39 is 0 Å². The van der Waals surface area contributed by atoms with E-state index in [1.54, 1.807) is 13.2 Å². The molecule has 5 nitrogen and oxygen atoms in total. The number of ether oxygens (including phenoxy) is 1. The van der Waals surface area contributed by atoms with Crippen molar-refractivity contribution < 1.29 is 9.84 Å². The smallest absolute Gasteiger partial charge is 0.195 e. The number of H-pyrrole nitrogens is 1. The Labute approximate surface area is 110 Å². The third-order valence-corrected chi connectivity index (χ3v) is 2.98. The minimum Gasteiger partial charge on any atom is -0.507 e. The van der Waals surface area contributed by atoms with Gasteiger partial charge in [0.1, 0.15) is 5.75 Å². The zero-order valence-electron chi connectivity index (χ0n) is 10.3. The standard InChI is InChI=1S/C12H15N3O2S/c1-8-3-4-10(16)9(7-8)11-13-14-12(18)15(11)5-6-17-2/h3-4,7,16H,5-6H2,1-2H3,(H,14,18). The number of aromatic hydroxyl groups is 1. The Kier molecular flexibility index (Phi) is 3.78. The van der Waals surface area contributed by atoms with Crippen LogP contribution in [0.1, 0.15) is 5.56 Å². The summed E-state index contributed by atoms with van der Waals surface area (Å²) >= 11 is 5.17. The summed E-state index contributed by atoms with van der Waals surface area (Å²) in [5, 5.41) is 16.8. The highest BCUT2D eigenvalue weighted by atomic mass is 32.1. The summed E-state index contributed by atoms with van der Waals surface area (Å²) in [5.74, 6) is 0.812. The lowest BCUT2D eigenvalue weighted by atomic mass is 10.1. The predicted molar refractivity (Wildman–Crippen MR) is 71.1 cm³/mol. The maximum Gasteiger partial charge on any atom is 0.195 e. The Morgan fingerprint density at radius 3 is 3.00 bits per heavy atom. The Bertz CT molecular complexity index is 604. The second-order valence-electron chi connectivity index (χ2n) is 4.02. The molecule has 1 heterocycles. The van der Waals surface area contributed by atoms with Gasteiger partial charge in [-0.2, -0.15) is 5.10 Å². The minimum atomic E-state index is 0.188. The van der Waals surface area contributed by atoms with Crippen LogP contribution >= 0.6 is 12.2 Å². The number of rotatable bonds is 4. The summed E-state index contributed by atoms with van der Waals surface area (Å²) < 4.78 is 7.37. The number of hydrogen-bond acceptors (Lipinski definition) is 4. The van der Waals surface area contributed by atoms with E-state index in [9.17, 15) is 5.11 Å². The van der Waals surface area contributed by atoms with E-state index in [2.05, 4.69) is 10.2 Å². The molecule has 2 aromatic rings. The van der Waals surface area contributed by atoms with Gasteiger partial charge in [0.25, 0.3) is 0 Å². The summed E-state index contributed by atoms with van der Waals surface area (Å²) in [7, 11) is 1.63. The van der Waals surface area contributed by atoms with Gasteiger partial charge < -0.3 is 9.84 Å². The molecule has 18 heavy (non-hydrogen) atoms. The zero-order chi connectivity index (χ0) is 13.1. The average Bonchev–Trinajstić information content (AvgIpc) is 2.71. The molecular formula is C12H15N3O2S. The van der Waals surface area contributed by atoms with Crippen molar-refractivity contribution in [1.82, 2.24) is 14.8 Å². The van der Waals surface area contributed by atoms with Crippen molar-refractivity contribution in [2.45, 2.75) is 13.5 Å². The highest BCUT2D eigenvalue weighted by molar-refractivity contribution is 7.71. The molecule has 0 aliphatic rings. The molecule has 0 amide bonds. The molecule has 0 bridgehead atoms. The average molecular weight is 265 g/mol. The molecule has 0 fully saturated rings. The van der Waals surface area contributed by atoms with Crippen LogP contribution in [0.5, 0.6) is 5.75 Å². The number of nitrogens with zero attached hydrogens (tertiary/aromatic N) is 2. The molecule has 96 valence electrons. The van der Waals surface area contributed by atoms with Crippen LogP contribution in [0.25, 0.3) is 11.4 Å². The maximum atomic E-state index is 9.92. The van der Waals surface area contributed by atoms with Gasteiger partial charge in [-0.1, -0.05) is 11.6 Å². The fourth-order valence-corrected chi connectivity index (χ4v) is 1.97. The van der Waals surface area contributed by atoms with E-state index in [0.717, 1.165) is 5.56 Å². The van der Waals surface area contributed by atoms with Crippen LogP contribution in [-0.2, 0) is 11.3 Å². The second-order valence-corrected chi connectivity index (χ2v) is 4.40. The number of methoxy groups -OCH3 is 1. The third kappa shape index (κ3) is 2.44. The van der Waals surface area contributed by atoms with Crippen LogP contribution in [-0.4, -0.2) is 33.6 Å². The largest absolute Gasteiger partial charge is 0.507 e. The summed E-state index contributed by atoms with van der Waals surface area (Å²) in [6, 6.07) is 5.38. The quantitative estimate of drug-likeness (QED) is 0.832. The molecule has 0 aliphatic heterocycles. The van der Waals surface area contributed by atoms with Crippen molar-refractivity contribution in [2.24, 2.45) is 0 Å². The molecule has 0 spiro atoms. The number of nitrogens with one attached hydrogen (secondary N) is 1. The number of aromatic amines is 1. The Morgan fingerprint density at radius 1 is 1.50 bits per heavy atom. The molecule has 0 aliphatic carbocycles. The molecular weight excluding hydrogens is 250 g/mol. The number of aromatic nitrogens is 3. The first-order chi connectivity index (χ1) is 8.63. The predicted octanol–water partition coefficient (Wildman–Crippen LogP) is 2.27. The number of hydrogen-bond donors (Lipinski definition) is 2. The third-order valence-electron chi connectivity index (χ3n) is 2.67. The van der Waals surface area contributed by atoms with Crippen molar-refractivity contribution in [2.75, 3.05) is 13.7 Å². The first-order valence-corrected chi connectivity index (χ1v) is 5.98. The number of phenols is 1. The highest BCUT2D eigenvalue weighted by Crippen LogP contribution is 2.28. The monoisotopic (exact) mass is 265 g/mol. The first-order valence-electron chi connectivity index (χ1n) is 5.57. The van der Waals surface area contributed by atoms with Gasteiger partial charge in [0, 0.05) is 7.11 Å². The maximum absolute atomic E-state index is 9.92. The number of aryl methyl sites for hydroxylation is 1. The van der Waals surface area contributed by atoms with E-state index >= 15 is 0 Å². The van der Waals surface area contributed by atoms with E-state index in [1.165, 1.54) is 0 Å². The van der Waals surface area contributed by atoms with E-state index in [1.807, 2.05) is 23.6 Å². The molecule has 0 saturated heterocycles. The second kappa shape index (κ2) is 5.32. The molecule has 1 aromatic heterocycles. The fourth-order valence-electron chi connectivity index (χ4n) is 1.74. The lowest BCUT2D eigenvalue weighted by Gasteiger charge is -2.08. The summed E-state index contributed by atoms with van der Waals surface area (Å²) in [5.41, 5.74) is 1.72. The van der Waals surface area contributed by atoms with Gasteiger partial charge in [0.05, 0.1) is 18.7 Å². The van der Waals surface area contributed by atoms with Gasteiger partial charge in [-0.25, -0.2) is 0 Å². The van der Waals surface area contributed by atoms with Crippen LogP contribution < -0.4 is 0 Å². The number of benzene rings is 1. The Morgan fingerprint density at radius 2 is 2.28 bits per heavy atom. The van der Waals surface area contributed by atoms with Gasteiger partial charge in [0.2, 0.25) is 0 Å².